The number of ether oxygens (including phenoxy) is 6. The van der Waals surface area contributed by atoms with E-state index in [1.807, 2.05) is 13.8 Å². The molecule has 1 N–H and O–H groups in total. The fourth-order valence-corrected chi connectivity index (χ4v) is 2.02. The van der Waals surface area contributed by atoms with Gasteiger partial charge in [-0.15, -0.1) is 0 Å². The van der Waals surface area contributed by atoms with Crippen molar-refractivity contribution in [2.45, 2.75) is 33.9 Å². The first kappa shape index (κ1) is 30.8. The highest BCUT2D eigenvalue weighted by Gasteiger charge is 2.11. The highest BCUT2D eigenvalue weighted by molar-refractivity contribution is 5.81. The Hall–Kier alpha value is -1.17. The van der Waals surface area contributed by atoms with E-state index in [0.29, 0.717) is 59.5 Å². The normalized spacial score (nSPS) is 12.5. The topological polar surface area (TPSA) is 102 Å². The summed E-state index contributed by atoms with van der Waals surface area (Å²) in [6.07, 6.45) is -1.24. The van der Waals surface area contributed by atoms with Crippen LogP contribution in [0.2, 0.25) is 0 Å². The first-order chi connectivity index (χ1) is 15.3. The maximum atomic E-state index is 13.5. The van der Waals surface area contributed by atoms with Crippen molar-refractivity contribution in [3.8, 4) is 0 Å². The van der Waals surface area contributed by atoms with E-state index in [-0.39, 0.29) is 49.9 Å². The van der Waals surface area contributed by atoms with Crippen LogP contribution in [0, 0.1) is 11.8 Å². The minimum atomic E-state index is -1.24. The predicted molar refractivity (Wildman–Crippen MR) is 118 cm³/mol. The highest BCUT2D eigenvalue weighted by atomic mass is 19.1. The van der Waals surface area contributed by atoms with E-state index in [9.17, 15) is 14.0 Å². The van der Waals surface area contributed by atoms with Gasteiger partial charge in [-0.1, -0.05) is 27.7 Å². The molecule has 0 aromatic rings. The lowest BCUT2D eigenvalue weighted by atomic mass is 10.1. The van der Waals surface area contributed by atoms with Gasteiger partial charge in [-0.3, -0.25) is 9.59 Å². The number of rotatable bonds is 23. The SMILES string of the molecule is CC(C)C(=O)COCCOCCOCCOCCOCCOCC(F)CNC(=O)C(C)C. The average Bonchev–Trinajstić information content (AvgIpc) is 2.76. The van der Waals surface area contributed by atoms with Crippen molar-refractivity contribution in [1.82, 2.24) is 5.32 Å². The monoisotopic (exact) mass is 467 g/mol. The Labute approximate surface area is 191 Å². The number of carbonyl (C=O) groups excluding carboxylic acids is 2. The minimum Gasteiger partial charge on any atom is -0.377 e. The summed E-state index contributed by atoms with van der Waals surface area (Å²) in [6.45, 7) is 11.3. The number of carbonyl (C=O) groups is 2. The molecule has 0 aliphatic carbocycles. The summed E-state index contributed by atoms with van der Waals surface area (Å²) in [7, 11) is 0. The molecule has 0 rings (SSSR count). The van der Waals surface area contributed by atoms with Gasteiger partial charge in [0.2, 0.25) is 5.91 Å². The van der Waals surface area contributed by atoms with Gasteiger partial charge in [-0.05, 0) is 0 Å². The van der Waals surface area contributed by atoms with Crippen molar-refractivity contribution in [3.05, 3.63) is 0 Å². The summed E-state index contributed by atoms with van der Waals surface area (Å²) in [5.74, 6) is -0.261. The molecule has 0 heterocycles. The third-order valence-corrected chi connectivity index (χ3v) is 4.07. The van der Waals surface area contributed by atoms with Crippen molar-refractivity contribution in [2.75, 3.05) is 85.8 Å². The molecule has 10 heteroatoms. The largest absolute Gasteiger partial charge is 0.377 e. The molecule has 1 amide bonds. The van der Waals surface area contributed by atoms with Crippen LogP contribution in [0.4, 0.5) is 4.39 Å². The van der Waals surface area contributed by atoms with Crippen LogP contribution in [-0.4, -0.2) is 104 Å². The fraction of sp³-hybridized carbons (Fsp3) is 0.909. The van der Waals surface area contributed by atoms with Crippen molar-refractivity contribution < 1.29 is 42.4 Å². The molecular weight excluding hydrogens is 425 g/mol. The molecule has 190 valence electrons. The van der Waals surface area contributed by atoms with Gasteiger partial charge in [0.05, 0.1) is 79.2 Å². The number of alkyl halides is 1. The van der Waals surface area contributed by atoms with Gasteiger partial charge in [0, 0.05) is 11.8 Å². The Morgan fingerprint density at radius 2 is 1.06 bits per heavy atom. The molecule has 0 saturated carbocycles. The molecular formula is C22H42FNO8. The Bertz CT molecular complexity index is 465. The van der Waals surface area contributed by atoms with E-state index in [2.05, 4.69) is 5.32 Å². The van der Waals surface area contributed by atoms with Crippen molar-refractivity contribution >= 4 is 11.7 Å². The molecule has 0 bridgehead atoms. The fourth-order valence-electron chi connectivity index (χ4n) is 2.02. The predicted octanol–water partition coefficient (Wildman–Crippen LogP) is 1.42. The lowest BCUT2D eigenvalue weighted by Crippen LogP contribution is -2.35. The molecule has 0 fully saturated rings. The molecule has 0 aliphatic rings. The third-order valence-electron chi connectivity index (χ3n) is 4.07. The van der Waals surface area contributed by atoms with Crippen molar-refractivity contribution in [2.24, 2.45) is 11.8 Å². The molecule has 9 nitrogen and oxygen atoms in total. The smallest absolute Gasteiger partial charge is 0.222 e. The van der Waals surface area contributed by atoms with Gasteiger partial charge in [0.25, 0.3) is 0 Å². The third kappa shape index (κ3) is 20.7. The number of nitrogens with one attached hydrogen (secondary N) is 1. The Morgan fingerprint density at radius 3 is 1.47 bits per heavy atom. The van der Waals surface area contributed by atoms with Crippen LogP contribution in [0.25, 0.3) is 0 Å². The van der Waals surface area contributed by atoms with Crippen molar-refractivity contribution in [3.63, 3.8) is 0 Å². The van der Waals surface area contributed by atoms with E-state index < -0.39 is 6.17 Å². The summed E-state index contributed by atoms with van der Waals surface area (Å²) < 4.78 is 45.3. The summed E-state index contributed by atoms with van der Waals surface area (Å²) in [4.78, 5) is 22.7. The molecule has 1 atom stereocenters. The van der Waals surface area contributed by atoms with E-state index in [4.69, 9.17) is 28.4 Å². The van der Waals surface area contributed by atoms with E-state index in [0.717, 1.165) is 0 Å². The first-order valence-corrected chi connectivity index (χ1v) is 11.3. The average molecular weight is 468 g/mol. The summed E-state index contributed by atoms with van der Waals surface area (Å²) in [5.41, 5.74) is 0. The van der Waals surface area contributed by atoms with Crippen LogP contribution in [0.3, 0.4) is 0 Å². The number of amides is 1. The van der Waals surface area contributed by atoms with Gasteiger partial charge < -0.3 is 33.7 Å². The number of Topliss-reactive ketones (excluding diaryl/α,β-unsaturated/α-hetero) is 1. The van der Waals surface area contributed by atoms with Gasteiger partial charge in [0.1, 0.15) is 12.8 Å². The summed E-state index contributed by atoms with van der Waals surface area (Å²) >= 11 is 0. The van der Waals surface area contributed by atoms with Gasteiger partial charge in [-0.25, -0.2) is 4.39 Å². The number of halogens is 1. The summed E-state index contributed by atoms with van der Waals surface area (Å²) in [6, 6.07) is 0. The second kappa shape index (κ2) is 21.7. The molecule has 1 unspecified atom stereocenters. The molecule has 0 radical (unpaired) electrons. The lowest BCUT2D eigenvalue weighted by molar-refractivity contribution is -0.127. The van der Waals surface area contributed by atoms with Gasteiger partial charge in [-0.2, -0.15) is 0 Å². The Kier molecular flexibility index (Phi) is 20.9. The second-order valence-corrected chi connectivity index (χ2v) is 7.70. The zero-order chi connectivity index (χ0) is 24.0. The Balaban J connectivity index is 3.21. The molecule has 0 aliphatic heterocycles. The zero-order valence-electron chi connectivity index (χ0n) is 20.1. The van der Waals surface area contributed by atoms with Gasteiger partial charge in [0.15, 0.2) is 5.78 Å². The molecule has 0 aromatic heterocycles. The van der Waals surface area contributed by atoms with E-state index in [1.54, 1.807) is 13.8 Å². The van der Waals surface area contributed by atoms with Crippen LogP contribution in [0.5, 0.6) is 0 Å². The highest BCUT2D eigenvalue weighted by Crippen LogP contribution is 1.95. The van der Waals surface area contributed by atoms with E-state index >= 15 is 0 Å². The molecule has 0 aromatic carbocycles. The number of hydrogen-bond donors (Lipinski definition) is 1. The summed E-state index contributed by atoms with van der Waals surface area (Å²) in [5, 5.41) is 2.52. The first-order valence-electron chi connectivity index (χ1n) is 11.3. The maximum absolute atomic E-state index is 13.5. The van der Waals surface area contributed by atoms with Crippen LogP contribution in [0.15, 0.2) is 0 Å². The quantitative estimate of drug-likeness (QED) is 0.225. The molecule has 0 spiro atoms. The standard InChI is InChI=1S/C22H42FNO8/c1-18(2)21(25)17-32-14-12-30-10-8-28-6-5-27-7-9-29-11-13-31-16-20(23)15-24-22(26)19(3)4/h18-20H,5-17H2,1-4H3,(H,24,26). The van der Waals surface area contributed by atoms with Crippen LogP contribution in [-0.2, 0) is 38.0 Å². The second-order valence-electron chi connectivity index (χ2n) is 7.70. The van der Waals surface area contributed by atoms with Crippen LogP contribution >= 0.6 is 0 Å². The van der Waals surface area contributed by atoms with Gasteiger partial charge >= 0.3 is 0 Å². The maximum Gasteiger partial charge on any atom is 0.222 e. The molecule has 32 heavy (non-hydrogen) atoms. The lowest BCUT2D eigenvalue weighted by Gasteiger charge is -2.12. The minimum absolute atomic E-state index is 0.00960. The zero-order valence-corrected chi connectivity index (χ0v) is 20.1. The van der Waals surface area contributed by atoms with Crippen LogP contribution < -0.4 is 5.32 Å². The number of hydrogen-bond acceptors (Lipinski definition) is 8. The van der Waals surface area contributed by atoms with Crippen molar-refractivity contribution in [1.29, 1.82) is 0 Å². The van der Waals surface area contributed by atoms with E-state index in [1.165, 1.54) is 0 Å². The van der Waals surface area contributed by atoms with Crippen LogP contribution in [0.1, 0.15) is 27.7 Å². The number of ketones is 1. The Morgan fingerprint density at radius 1 is 0.656 bits per heavy atom. The molecule has 0 saturated heterocycles.